The van der Waals surface area contributed by atoms with Crippen molar-refractivity contribution in [1.29, 1.82) is 0 Å². The van der Waals surface area contributed by atoms with Crippen molar-refractivity contribution in [2.75, 3.05) is 0 Å². The standard InChI is InChI=1S/C11H17NOS/c1-2-9-5-3-4-7-11(9,13)10-6-8-14-12-10/h6,8-9,13H,2-5,7H2,1H3. The Balaban J connectivity index is 2.27. The second-order valence-corrected chi connectivity index (χ2v) is 4.83. The largest absolute Gasteiger partial charge is 0.383 e. The van der Waals surface area contributed by atoms with Crippen LogP contribution in [0, 0.1) is 5.92 Å². The van der Waals surface area contributed by atoms with Crippen molar-refractivity contribution in [3.63, 3.8) is 0 Å². The average molecular weight is 211 g/mol. The van der Waals surface area contributed by atoms with Crippen LogP contribution in [0.3, 0.4) is 0 Å². The summed E-state index contributed by atoms with van der Waals surface area (Å²) in [6.45, 7) is 2.16. The number of aromatic nitrogens is 1. The molecule has 0 spiro atoms. The third kappa shape index (κ3) is 1.59. The van der Waals surface area contributed by atoms with Crippen LogP contribution in [0.4, 0.5) is 0 Å². The highest BCUT2D eigenvalue weighted by atomic mass is 32.1. The molecule has 0 amide bonds. The molecule has 0 saturated heterocycles. The average Bonchev–Trinajstić information content (AvgIpc) is 2.72. The van der Waals surface area contributed by atoms with Crippen LogP contribution in [0.5, 0.6) is 0 Å². The van der Waals surface area contributed by atoms with E-state index in [1.54, 1.807) is 0 Å². The van der Waals surface area contributed by atoms with Crippen LogP contribution in [0.25, 0.3) is 0 Å². The van der Waals surface area contributed by atoms with Gasteiger partial charge in [0, 0.05) is 5.38 Å². The van der Waals surface area contributed by atoms with Crippen LogP contribution in [-0.2, 0) is 5.60 Å². The molecule has 2 unspecified atom stereocenters. The minimum Gasteiger partial charge on any atom is -0.383 e. The Morgan fingerprint density at radius 2 is 2.50 bits per heavy atom. The molecule has 78 valence electrons. The van der Waals surface area contributed by atoms with Gasteiger partial charge >= 0.3 is 0 Å². The van der Waals surface area contributed by atoms with Crippen molar-refractivity contribution in [2.24, 2.45) is 5.92 Å². The molecule has 1 aliphatic carbocycles. The Bertz CT molecular complexity index is 285. The highest BCUT2D eigenvalue weighted by molar-refractivity contribution is 7.03. The molecule has 0 aliphatic heterocycles. The van der Waals surface area contributed by atoms with Crippen LogP contribution in [0.2, 0.25) is 0 Å². The van der Waals surface area contributed by atoms with Gasteiger partial charge in [-0.2, -0.15) is 4.37 Å². The zero-order chi connectivity index (χ0) is 10.0. The molecule has 2 atom stereocenters. The molecule has 2 nitrogen and oxygen atoms in total. The number of aliphatic hydroxyl groups is 1. The third-order valence-electron chi connectivity index (χ3n) is 3.41. The van der Waals surface area contributed by atoms with Gasteiger partial charge in [-0.25, -0.2) is 0 Å². The first-order valence-electron chi connectivity index (χ1n) is 5.40. The molecule has 0 bridgehead atoms. The Morgan fingerprint density at radius 1 is 1.64 bits per heavy atom. The monoisotopic (exact) mass is 211 g/mol. The van der Waals surface area contributed by atoms with Gasteiger partial charge in [-0.05, 0) is 36.4 Å². The maximum Gasteiger partial charge on any atom is 0.110 e. The van der Waals surface area contributed by atoms with Gasteiger partial charge in [0.15, 0.2) is 0 Å². The molecule has 1 N–H and O–H groups in total. The van der Waals surface area contributed by atoms with Crippen molar-refractivity contribution < 1.29 is 5.11 Å². The number of hydrogen-bond donors (Lipinski definition) is 1. The van der Waals surface area contributed by atoms with Crippen LogP contribution < -0.4 is 0 Å². The normalized spacial score (nSPS) is 33.1. The molecule has 1 saturated carbocycles. The highest BCUT2D eigenvalue weighted by Gasteiger charge is 2.40. The van der Waals surface area contributed by atoms with Crippen molar-refractivity contribution in [2.45, 2.75) is 44.6 Å². The summed E-state index contributed by atoms with van der Waals surface area (Å²) in [6.07, 6.45) is 5.46. The highest BCUT2D eigenvalue weighted by Crippen LogP contribution is 2.42. The van der Waals surface area contributed by atoms with E-state index < -0.39 is 5.60 Å². The molecule has 1 heterocycles. The Hall–Kier alpha value is -0.410. The summed E-state index contributed by atoms with van der Waals surface area (Å²) in [7, 11) is 0. The van der Waals surface area contributed by atoms with Crippen molar-refractivity contribution in [3.05, 3.63) is 17.1 Å². The van der Waals surface area contributed by atoms with Gasteiger partial charge in [-0.3, -0.25) is 0 Å². The number of rotatable bonds is 2. The van der Waals surface area contributed by atoms with Gasteiger partial charge in [0.2, 0.25) is 0 Å². The lowest BCUT2D eigenvalue weighted by Crippen LogP contribution is -2.37. The Kier molecular flexibility index (Phi) is 2.88. The van der Waals surface area contributed by atoms with Crippen LogP contribution in [0.1, 0.15) is 44.7 Å². The van der Waals surface area contributed by atoms with Crippen molar-refractivity contribution in [3.8, 4) is 0 Å². The minimum atomic E-state index is -0.632. The summed E-state index contributed by atoms with van der Waals surface area (Å²) in [4.78, 5) is 0. The molecular weight excluding hydrogens is 194 g/mol. The van der Waals surface area contributed by atoms with Crippen molar-refractivity contribution >= 4 is 11.5 Å². The lowest BCUT2D eigenvalue weighted by atomic mass is 9.72. The van der Waals surface area contributed by atoms with E-state index in [2.05, 4.69) is 11.3 Å². The molecule has 3 heteroatoms. The van der Waals surface area contributed by atoms with Crippen LogP contribution >= 0.6 is 11.5 Å². The summed E-state index contributed by atoms with van der Waals surface area (Å²) in [5.74, 6) is 0.401. The summed E-state index contributed by atoms with van der Waals surface area (Å²) in [5, 5.41) is 12.6. The lowest BCUT2D eigenvalue weighted by molar-refractivity contribution is -0.0585. The molecular formula is C11H17NOS. The molecule has 1 aromatic heterocycles. The SMILES string of the molecule is CCC1CCCCC1(O)c1ccsn1. The van der Waals surface area contributed by atoms with Gasteiger partial charge in [-0.1, -0.05) is 26.2 Å². The first-order chi connectivity index (χ1) is 6.77. The minimum absolute atomic E-state index is 0.401. The molecule has 0 aromatic carbocycles. The van der Waals surface area contributed by atoms with E-state index in [-0.39, 0.29) is 0 Å². The van der Waals surface area contributed by atoms with E-state index in [9.17, 15) is 5.11 Å². The van der Waals surface area contributed by atoms with Crippen molar-refractivity contribution in [1.82, 2.24) is 4.37 Å². The van der Waals surface area contributed by atoms with E-state index in [4.69, 9.17) is 0 Å². The van der Waals surface area contributed by atoms with E-state index in [0.29, 0.717) is 5.92 Å². The smallest absolute Gasteiger partial charge is 0.110 e. The fraction of sp³-hybridized carbons (Fsp3) is 0.727. The first-order valence-corrected chi connectivity index (χ1v) is 6.24. The zero-order valence-corrected chi connectivity index (χ0v) is 9.39. The molecule has 14 heavy (non-hydrogen) atoms. The molecule has 0 radical (unpaired) electrons. The van der Waals surface area contributed by atoms with E-state index in [1.165, 1.54) is 18.0 Å². The lowest BCUT2D eigenvalue weighted by Gasteiger charge is -2.38. The predicted molar refractivity (Wildman–Crippen MR) is 58.3 cm³/mol. The Labute approximate surface area is 89.1 Å². The molecule has 1 fully saturated rings. The fourth-order valence-corrected chi connectivity index (χ4v) is 3.13. The Morgan fingerprint density at radius 3 is 3.14 bits per heavy atom. The van der Waals surface area contributed by atoms with E-state index in [1.807, 2.05) is 11.4 Å². The van der Waals surface area contributed by atoms with Crippen LogP contribution in [-0.4, -0.2) is 9.48 Å². The molecule has 2 rings (SSSR count). The molecule has 1 aromatic rings. The van der Waals surface area contributed by atoms with E-state index >= 15 is 0 Å². The predicted octanol–water partition coefficient (Wildman–Crippen LogP) is 2.93. The first kappa shape index (κ1) is 10.1. The summed E-state index contributed by atoms with van der Waals surface area (Å²) in [6, 6.07) is 1.97. The van der Waals surface area contributed by atoms with Gasteiger partial charge in [0.25, 0.3) is 0 Å². The van der Waals surface area contributed by atoms with Gasteiger partial charge < -0.3 is 5.11 Å². The summed E-state index contributed by atoms with van der Waals surface area (Å²) in [5.41, 5.74) is 0.265. The quantitative estimate of drug-likeness (QED) is 0.816. The number of hydrogen-bond acceptors (Lipinski definition) is 3. The van der Waals surface area contributed by atoms with E-state index in [0.717, 1.165) is 31.4 Å². The third-order valence-corrected chi connectivity index (χ3v) is 3.97. The van der Waals surface area contributed by atoms with Crippen LogP contribution in [0.15, 0.2) is 11.4 Å². The maximum absolute atomic E-state index is 10.6. The second kappa shape index (κ2) is 3.99. The van der Waals surface area contributed by atoms with Gasteiger partial charge in [0.1, 0.15) is 5.60 Å². The topological polar surface area (TPSA) is 33.1 Å². The van der Waals surface area contributed by atoms with Gasteiger partial charge in [-0.15, -0.1) is 0 Å². The molecule has 1 aliphatic rings. The number of nitrogens with zero attached hydrogens (tertiary/aromatic N) is 1. The fourth-order valence-electron chi connectivity index (χ4n) is 2.54. The maximum atomic E-state index is 10.6. The zero-order valence-electron chi connectivity index (χ0n) is 8.57. The summed E-state index contributed by atoms with van der Waals surface area (Å²) < 4.78 is 4.30. The second-order valence-electron chi connectivity index (χ2n) is 4.16. The summed E-state index contributed by atoms with van der Waals surface area (Å²) >= 11 is 1.43. The van der Waals surface area contributed by atoms with Gasteiger partial charge in [0.05, 0.1) is 5.69 Å².